The first-order valence-electron chi connectivity index (χ1n) is 5.91. The van der Waals surface area contributed by atoms with Crippen LogP contribution in [0.2, 0.25) is 0 Å². The normalized spacial score (nSPS) is 10.7. The van der Waals surface area contributed by atoms with Crippen LogP contribution in [0.4, 0.5) is 5.82 Å². The Morgan fingerprint density at radius 3 is 2.84 bits per heavy atom. The molecule has 2 rings (SSSR count). The van der Waals surface area contributed by atoms with Gasteiger partial charge in [0.2, 0.25) is 0 Å². The zero-order valence-corrected chi connectivity index (χ0v) is 12.0. The third-order valence-corrected chi connectivity index (χ3v) is 3.64. The molecule has 0 bridgehead atoms. The van der Waals surface area contributed by atoms with Gasteiger partial charge in [0, 0.05) is 17.5 Å². The van der Waals surface area contributed by atoms with Crippen LogP contribution in [0.5, 0.6) is 0 Å². The highest BCUT2D eigenvalue weighted by atomic mass is 32.1. The summed E-state index contributed by atoms with van der Waals surface area (Å²) in [6.45, 7) is 4.49. The fraction of sp³-hybridized carbons (Fsp3) is 0.417. The van der Waals surface area contributed by atoms with Crippen LogP contribution in [0.3, 0.4) is 0 Å². The van der Waals surface area contributed by atoms with Gasteiger partial charge in [0.15, 0.2) is 5.69 Å². The number of aromatic nitrogens is 3. The molecule has 0 unspecified atom stereocenters. The highest BCUT2D eigenvalue weighted by Crippen LogP contribution is 2.20. The number of nitrogens with zero attached hydrogens (tertiary/aromatic N) is 3. The molecule has 0 aliphatic rings. The number of imidazole rings is 1. The molecule has 0 radical (unpaired) electrons. The molecule has 0 aromatic carbocycles. The molecule has 0 spiro atoms. The predicted molar refractivity (Wildman–Crippen MR) is 73.3 cm³/mol. The van der Waals surface area contributed by atoms with Crippen molar-refractivity contribution in [3.8, 4) is 0 Å². The van der Waals surface area contributed by atoms with E-state index in [1.54, 1.807) is 11.3 Å². The molecule has 2 heterocycles. The summed E-state index contributed by atoms with van der Waals surface area (Å²) in [6.07, 6.45) is 2.51. The van der Waals surface area contributed by atoms with E-state index in [0.717, 1.165) is 15.7 Å². The third kappa shape index (κ3) is 2.60. The van der Waals surface area contributed by atoms with E-state index in [2.05, 4.69) is 14.7 Å². The molecule has 0 aliphatic heterocycles. The zero-order valence-electron chi connectivity index (χ0n) is 11.1. The van der Waals surface area contributed by atoms with Crippen molar-refractivity contribution in [3.05, 3.63) is 27.6 Å². The van der Waals surface area contributed by atoms with Crippen LogP contribution in [0, 0.1) is 6.92 Å². The maximum atomic E-state index is 11.6. The maximum Gasteiger partial charge on any atom is 0.360 e. The van der Waals surface area contributed by atoms with Crippen LogP contribution in [-0.4, -0.2) is 27.6 Å². The van der Waals surface area contributed by atoms with E-state index < -0.39 is 5.97 Å². The second-order valence-corrected chi connectivity index (χ2v) is 5.38. The van der Waals surface area contributed by atoms with Gasteiger partial charge in [-0.05, 0) is 6.92 Å². The molecule has 2 N–H and O–H groups in total. The predicted octanol–water partition coefficient (Wildman–Crippen LogP) is 1.63. The lowest BCUT2D eigenvalue weighted by Crippen LogP contribution is -2.10. The number of anilines is 1. The van der Waals surface area contributed by atoms with E-state index in [9.17, 15) is 4.79 Å². The van der Waals surface area contributed by atoms with Gasteiger partial charge in [0.1, 0.15) is 16.6 Å². The van der Waals surface area contributed by atoms with Crippen molar-refractivity contribution in [1.29, 1.82) is 0 Å². The molecule has 102 valence electrons. The smallest absolute Gasteiger partial charge is 0.360 e. The molecule has 0 atom stereocenters. The summed E-state index contributed by atoms with van der Waals surface area (Å²) in [5.41, 5.74) is 6.16. The van der Waals surface area contributed by atoms with Crippen molar-refractivity contribution in [3.63, 3.8) is 0 Å². The average Bonchev–Trinajstić information content (AvgIpc) is 2.94. The Labute approximate surface area is 115 Å². The SMILES string of the molecule is CCc1nc(C(=O)OC)c(N)n1Cc1ncc(C)s1. The Morgan fingerprint density at radius 1 is 1.58 bits per heavy atom. The molecule has 2 aromatic heterocycles. The number of nitrogens with two attached hydrogens (primary N) is 1. The van der Waals surface area contributed by atoms with Gasteiger partial charge in [-0.1, -0.05) is 6.92 Å². The second kappa shape index (κ2) is 5.40. The number of esters is 1. The van der Waals surface area contributed by atoms with Crippen molar-refractivity contribution < 1.29 is 9.53 Å². The molecule has 0 fully saturated rings. The summed E-state index contributed by atoms with van der Waals surface area (Å²) in [6, 6.07) is 0. The lowest BCUT2D eigenvalue weighted by atomic mass is 10.4. The van der Waals surface area contributed by atoms with Gasteiger partial charge in [-0.3, -0.25) is 0 Å². The second-order valence-electron chi connectivity index (χ2n) is 4.06. The molecule has 0 saturated carbocycles. The summed E-state index contributed by atoms with van der Waals surface area (Å²) in [5, 5.41) is 0.938. The molecule has 6 nitrogen and oxygen atoms in total. The van der Waals surface area contributed by atoms with E-state index in [4.69, 9.17) is 5.73 Å². The third-order valence-electron chi connectivity index (χ3n) is 2.74. The minimum absolute atomic E-state index is 0.174. The van der Waals surface area contributed by atoms with E-state index in [1.165, 1.54) is 7.11 Å². The molecule has 0 saturated heterocycles. The van der Waals surface area contributed by atoms with E-state index in [0.29, 0.717) is 18.8 Å². The Morgan fingerprint density at radius 2 is 2.32 bits per heavy atom. The number of thiazole rings is 1. The minimum Gasteiger partial charge on any atom is -0.464 e. The van der Waals surface area contributed by atoms with Crippen molar-refractivity contribution in [2.75, 3.05) is 12.8 Å². The first-order valence-corrected chi connectivity index (χ1v) is 6.73. The Hall–Kier alpha value is -1.89. The van der Waals surface area contributed by atoms with Crippen LogP contribution in [0.1, 0.15) is 33.1 Å². The lowest BCUT2D eigenvalue weighted by molar-refractivity contribution is 0.0595. The monoisotopic (exact) mass is 280 g/mol. The van der Waals surface area contributed by atoms with Crippen LogP contribution in [0.25, 0.3) is 0 Å². The number of hydrogen-bond acceptors (Lipinski definition) is 6. The first kappa shape index (κ1) is 13.5. The first-order chi connectivity index (χ1) is 9.06. The molecule has 7 heteroatoms. The maximum absolute atomic E-state index is 11.6. The van der Waals surface area contributed by atoms with Gasteiger partial charge in [0.25, 0.3) is 0 Å². The van der Waals surface area contributed by atoms with Crippen LogP contribution in [0.15, 0.2) is 6.20 Å². The van der Waals surface area contributed by atoms with E-state index in [1.807, 2.05) is 24.6 Å². The van der Waals surface area contributed by atoms with Crippen LogP contribution in [-0.2, 0) is 17.7 Å². The highest BCUT2D eigenvalue weighted by molar-refractivity contribution is 7.11. The largest absolute Gasteiger partial charge is 0.464 e. The van der Waals surface area contributed by atoms with Gasteiger partial charge in [-0.15, -0.1) is 11.3 Å². The summed E-state index contributed by atoms with van der Waals surface area (Å²) in [4.78, 5) is 21.3. The molecule has 0 amide bonds. The number of carbonyl (C=O) groups is 1. The standard InChI is InChI=1S/C12H16N4O2S/c1-4-8-15-10(12(17)18-3)11(13)16(8)6-9-14-5-7(2)19-9/h5H,4,6,13H2,1-3H3. The summed E-state index contributed by atoms with van der Waals surface area (Å²) >= 11 is 1.60. The molecular formula is C12H16N4O2S. The van der Waals surface area contributed by atoms with E-state index >= 15 is 0 Å². The topological polar surface area (TPSA) is 83.0 Å². The van der Waals surface area contributed by atoms with Crippen molar-refractivity contribution in [2.45, 2.75) is 26.8 Å². The number of hydrogen-bond donors (Lipinski definition) is 1. The lowest BCUT2D eigenvalue weighted by Gasteiger charge is -2.06. The van der Waals surface area contributed by atoms with E-state index in [-0.39, 0.29) is 5.69 Å². The van der Waals surface area contributed by atoms with Crippen molar-refractivity contribution >= 4 is 23.1 Å². The Bertz CT molecular complexity index is 603. The number of carbonyl (C=O) groups excluding carboxylic acids is 1. The fourth-order valence-corrected chi connectivity index (χ4v) is 2.59. The zero-order chi connectivity index (χ0) is 14.0. The summed E-state index contributed by atoms with van der Waals surface area (Å²) in [7, 11) is 1.32. The van der Waals surface area contributed by atoms with Gasteiger partial charge < -0.3 is 15.0 Å². The van der Waals surface area contributed by atoms with Crippen LogP contribution < -0.4 is 5.73 Å². The van der Waals surface area contributed by atoms with Gasteiger partial charge >= 0.3 is 5.97 Å². The summed E-state index contributed by atoms with van der Waals surface area (Å²) in [5.74, 6) is 0.573. The molecular weight excluding hydrogens is 264 g/mol. The Balaban J connectivity index is 2.38. The average molecular weight is 280 g/mol. The number of nitrogen functional groups attached to an aromatic ring is 1. The number of rotatable bonds is 4. The summed E-state index contributed by atoms with van der Waals surface area (Å²) < 4.78 is 6.49. The quantitative estimate of drug-likeness (QED) is 0.861. The molecule has 19 heavy (non-hydrogen) atoms. The van der Waals surface area contributed by atoms with Gasteiger partial charge in [-0.2, -0.15) is 0 Å². The van der Waals surface area contributed by atoms with Crippen LogP contribution >= 0.6 is 11.3 Å². The van der Waals surface area contributed by atoms with Gasteiger partial charge in [0.05, 0.1) is 13.7 Å². The van der Waals surface area contributed by atoms with Gasteiger partial charge in [-0.25, -0.2) is 14.8 Å². The minimum atomic E-state index is -0.513. The van der Waals surface area contributed by atoms with Crippen molar-refractivity contribution in [1.82, 2.24) is 14.5 Å². The molecule has 2 aromatic rings. The number of aryl methyl sites for hydroxylation is 2. The van der Waals surface area contributed by atoms with Crippen molar-refractivity contribution in [2.24, 2.45) is 0 Å². The highest BCUT2D eigenvalue weighted by Gasteiger charge is 2.20. The molecule has 0 aliphatic carbocycles. The number of methoxy groups -OCH3 is 1. The fourth-order valence-electron chi connectivity index (χ4n) is 1.82. The number of ether oxygens (including phenoxy) is 1. The Kier molecular flexibility index (Phi) is 3.84.